The molecule has 6 nitrogen and oxygen atoms in total. The second-order valence-corrected chi connectivity index (χ2v) is 7.56. The summed E-state index contributed by atoms with van der Waals surface area (Å²) in [6.45, 7) is 1.72. The molecular formula is C17H15BrIN3O3S. The van der Waals surface area contributed by atoms with E-state index >= 15 is 0 Å². The first-order chi connectivity index (χ1) is 12.4. The Morgan fingerprint density at radius 2 is 1.92 bits per heavy atom. The number of hydrogen-bond donors (Lipinski definition) is 3. The number of benzene rings is 2. The molecule has 0 radical (unpaired) electrons. The molecule has 0 aliphatic carbocycles. The highest BCUT2D eigenvalue weighted by Gasteiger charge is 2.10. The van der Waals surface area contributed by atoms with Crippen molar-refractivity contribution in [1.29, 1.82) is 0 Å². The van der Waals surface area contributed by atoms with Gasteiger partial charge < -0.3 is 4.74 Å². The van der Waals surface area contributed by atoms with Crippen LogP contribution in [0.15, 0.2) is 46.9 Å². The zero-order valence-corrected chi connectivity index (χ0v) is 18.2. The third-order valence-electron chi connectivity index (χ3n) is 3.16. The molecular weight excluding hydrogens is 533 g/mol. The highest BCUT2D eigenvalue weighted by atomic mass is 127. The van der Waals surface area contributed by atoms with E-state index in [9.17, 15) is 9.59 Å². The lowest BCUT2D eigenvalue weighted by Gasteiger charge is -2.12. The van der Waals surface area contributed by atoms with Gasteiger partial charge in [-0.15, -0.1) is 0 Å². The number of carbonyl (C=O) groups excluding carboxylic acids is 2. The summed E-state index contributed by atoms with van der Waals surface area (Å²) in [6, 6.07) is 12.5. The van der Waals surface area contributed by atoms with E-state index in [1.807, 2.05) is 31.2 Å². The maximum absolute atomic E-state index is 12.0. The van der Waals surface area contributed by atoms with Crippen molar-refractivity contribution in [3.8, 4) is 5.75 Å². The van der Waals surface area contributed by atoms with Gasteiger partial charge in [0, 0.05) is 8.04 Å². The quantitative estimate of drug-likeness (QED) is 0.311. The smallest absolute Gasteiger partial charge is 0.270 e. The van der Waals surface area contributed by atoms with Gasteiger partial charge >= 0.3 is 0 Å². The normalized spacial score (nSPS) is 9.96. The van der Waals surface area contributed by atoms with Gasteiger partial charge in [0.2, 0.25) is 0 Å². The number of hydrazine groups is 1. The van der Waals surface area contributed by atoms with Crippen LogP contribution in [0.25, 0.3) is 0 Å². The maximum Gasteiger partial charge on any atom is 0.270 e. The van der Waals surface area contributed by atoms with Gasteiger partial charge in [-0.2, -0.15) is 0 Å². The van der Waals surface area contributed by atoms with E-state index in [2.05, 4.69) is 54.7 Å². The molecule has 26 heavy (non-hydrogen) atoms. The number of carbonyl (C=O) groups is 2. The lowest BCUT2D eigenvalue weighted by Crippen LogP contribution is -2.49. The molecule has 0 aromatic heterocycles. The number of halogens is 2. The van der Waals surface area contributed by atoms with Gasteiger partial charge in [0.05, 0.1) is 5.56 Å². The average molecular weight is 548 g/mol. The van der Waals surface area contributed by atoms with Gasteiger partial charge in [-0.25, -0.2) is 0 Å². The molecule has 0 spiro atoms. The summed E-state index contributed by atoms with van der Waals surface area (Å²) >= 11 is 10.4. The largest absolute Gasteiger partial charge is 0.484 e. The van der Waals surface area contributed by atoms with E-state index in [1.165, 1.54) is 0 Å². The van der Waals surface area contributed by atoms with Crippen LogP contribution in [0.1, 0.15) is 15.9 Å². The predicted octanol–water partition coefficient (Wildman–Crippen LogP) is 3.08. The molecule has 2 amide bonds. The van der Waals surface area contributed by atoms with E-state index < -0.39 is 5.91 Å². The fourth-order valence-corrected chi connectivity index (χ4v) is 2.92. The molecule has 0 aliphatic heterocycles. The van der Waals surface area contributed by atoms with Crippen molar-refractivity contribution in [2.45, 2.75) is 6.92 Å². The van der Waals surface area contributed by atoms with Crippen LogP contribution >= 0.6 is 50.7 Å². The molecule has 2 rings (SSSR count). The number of hydrogen-bond acceptors (Lipinski definition) is 4. The summed E-state index contributed by atoms with van der Waals surface area (Å²) in [7, 11) is 0. The number of nitrogens with one attached hydrogen (secondary N) is 3. The zero-order chi connectivity index (χ0) is 19.1. The second kappa shape index (κ2) is 9.83. The average Bonchev–Trinajstić information content (AvgIpc) is 2.61. The number of rotatable bonds is 4. The molecule has 0 saturated heterocycles. The predicted molar refractivity (Wildman–Crippen MR) is 115 cm³/mol. The van der Waals surface area contributed by atoms with Crippen LogP contribution in [-0.2, 0) is 4.79 Å². The molecule has 2 aromatic carbocycles. The van der Waals surface area contributed by atoms with Gasteiger partial charge in [0.25, 0.3) is 11.8 Å². The Bertz CT molecular complexity index is 848. The summed E-state index contributed by atoms with van der Waals surface area (Å²) in [6.07, 6.45) is 0. The lowest BCUT2D eigenvalue weighted by atomic mass is 10.2. The Morgan fingerprint density at radius 3 is 2.62 bits per heavy atom. The molecule has 0 bridgehead atoms. The van der Waals surface area contributed by atoms with E-state index in [-0.39, 0.29) is 17.6 Å². The molecule has 9 heteroatoms. The van der Waals surface area contributed by atoms with Crippen molar-refractivity contribution in [3.05, 3.63) is 61.6 Å². The van der Waals surface area contributed by atoms with Crippen molar-refractivity contribution < 1.29 is 14.3 Å². The van der Waals surface area contributed by atoms with Gasteiger partial charge in [-0.1, -0.05) is 28.1 Å². The first-order valence-electron chi connectivity index (χ1n) is 7.40. The SMILES string of the molecule is Cc1cc(OCC(=O)NC(=S)NNC(=O)c2ccccc2I)ccc1Br. The van der Waals surface area contributed by atoms with Crippen LogP contribution in [0, 0.1) is 10.5 Å². The molecule has 0 aliphatic rings. The van der Waals surface area contributed by atoms with Crippen molar-refractivity contribution in [2.24, 2.45) is 0 Å². The Balaban J connectivity index is 1.76. The third-order valence-corrected chi connectivity index (χ3v) is 5.19. The minimum Gasteiger partial charge on any atom is -0.484 e. The van der Waals surface area contributed by atoms with Crippen LogP contribution in [-0.4, -0.2) is 23.5 Å². The Hall–Kier alpha value is -1.72. The van der Waals surface area contributed by atoms with Gasteiger partial charge in [-0.05, 0) is 77.6 Å². The summed E-state index contributed by atoms with van der Waals surface area (Å²) in [5.74, 6) is -0.216. The maximum atomic E-state index is 12.0. The minimum atomic E-state index is -0.438. The molecule has 0 atom stereocenters. The molecule has 0 unspecified atom stereocenters. The Kier molecular flexibility index (Phi) is 7.79. The minimum absolute atomic E-state index is 0.0233. The zero-order valence-electron chi connectivity index (χ0n) is 13.6. The molecule has 0 heterocycles. The highest BCUT2D eigenvalue weighted by molar-refractivity contribution is 14.1. The van der Waals surface area contributed by atoms with Crippen molar-refractivity contribution in [1.82, 2.24) is 16.2 Å². The number of ether oxygens (including phenoxy) is 1. The summed E-state index contributed by atoms with van der Waals surface area (Å²) < 4.78 is 7.17. The van der Waals surface area contributed by atoms with Crippen LogP contribution < -0.4 is 20.9 Å². The number of aryl methyl sites for hydroxylation is 1. The first-order valence-corrected chi connectivity index (χ1v) is 9.68. The summed E-state index contributed by atoms with van der Waals surface area (Å²) in [5.41, 5.74) is 6.43. The monoisotopic (exact) mass is 547 g/mol. The molecule has 3 N–H and O–H groups in total. The first kappa shape index (κ1) is 20.6. The second-order valence-electron chi connectivity index (χ2n) is 5.14. The van der Waals surface area contributed by atoms with Gasteiger partial charge in [-0.3, -0.25) is 25.8 Å². The fraction of sp³-hybridized carbons (Fsp3) is 0.118. The van der Waals surface area contributed by atoms with Crippen molar-refractivity contribution in [3.63, 3.8) is 0 Å². The van der Waals surface area contributed by atoms with E-state index in [4.69, 9.17) is 17.0 Å². The fourth-order valence-electron chi connectivity index (χ4n) is 1.88. The van der Waals surface area contributed by atoms with Crippen molar-refractivity contribution in [2.75, 3.05) is 6.61 Å². The molecule has 0 saturated carbocycles. The molecule has 0 fully saturated rings. The van der Waals surface area contributed by atoms with Gasteiger partial charge in [0.15, 0.2) is 11.7 Å². The topological polar surface area (TPSA) is 79.5 Å². The van der Waals surface area contributed by atoms with E-state index in [1.54, 1.807) is 18.2 Å². The van der Waals surface area contributed by atoms with E-state index in [0.29, 0.717) is 11.3 Å². The number of thiocarbonyl (C=S) groups is 1. The Labute approximate surface area is 178 Å². The van der Waals surface area contributed by atoms with Crippen molar-refractivity contribution >= 4 is 67.7 Å². The standard InChI is InChI=1S/C17H15BrIN3O3S/c1-10-8-11(6-7-13(10)18)25-9-15(23)20-17(26)22-21-16(24)12-4-2-3-5-14(12)19/h2-8H,9H2,1H3,(H,21,24)(H2,20,22,23,26). The summed E-state index contributed by atoms with van der Waals surface area (Å²) in [5, 5.41) is 2.40. The Morgan fingerprint density at radius 1 is 1.19 bits per heavy atom. The van der Waals surface area contributed by atoms with Crippen LogP contribution in [0.4, 0.5) is 0 Å². The molecule has 136 valence electrons. The van der Waals surface area contributed by atoms with Crippen LogP contribution in [0.5, 0.6) is 5.75 Å². The van der Waals surface area contributed by atoms with Gasteiger partial charge in [0.1, 0.15) is 5.75 Å². The third kappa shape index (κ3) is 6.22. The lowest BCUT2D eigenvalue weighted by molar-refractivity contribution is -0.121. The van der Waals surface area contributed by atoms with Crippen LogP contribution in [0.2, 0.25) is 0 Å². The molecule has 2 aromatic rings. The highest BCUT2D eigenvalue weighted by Crippen LogP contribution is 2.21. The van der Waals surface area contributed by atoms with Crippen LogP contribution in [0.3, 0.4) is 0 Å². The summed E-state index contributed by atoms with van der Waals surface area (Å²) in [4.78, 5) is 23.9. The number of amides is 2. The van der Waals surface area contributed by atoms with E-state index in [0.717, 1.165) is 13.6 Å².